The SMILES string of the molecule is CCNS(=O)(=O)CCNC(C)Cc1ccc(Cl)cc1. The molecule has 1 aromatic rings. The molecule has 0 spiro atoms. The first-order valence-electron chi connectivity index (χ1n) is 6.38. The molecule has 1 aromatic carbocycles. The summed E-state index contributed by atoms with van der Waals surface area (Å²) >= 11 is 5.82. The fourth-order valence-corrected chi connectivity index (χ4v) is 2.87. The maximum Gasteiger partial charge on any atom is 0.212 e. The smallest absolute Gasteiger partial charge is 0.212 e. The van der Waals surface area contributed by atoms with Crippen molar-refractivity contribution in [2.45, 2.75) is 26.3 Å². The third-order valence-electron chi connectivity index (χ3n) is 2.68. The normalized spacial score (nSPS) is 13.4. The fraction of sp³-hybridized carbons (Fsp3) is 0.538. The number of rotatable bonds is 8. The molecule has 0 radical (unpaired) electrons. The molecular formula is C13H21ClN2O2S. The third-order valence-corrected chi connectivity index (χ3v) is 4.41. The minimum Gasteiger partial charge on any atom is -0.313 e. The summed E-state index contributed by atoms with van der Waals surface area (Å²) in [4.78, 5) is 0. The molecule has 0 aliphatic rings. The quantitative estimate of drug-likeness (QED) is 0.770. The van der Waals surface area contributed by atoms with Gasteiger partial charge < -0.3 is 5.32 Å². The molecule has 1 unspecified atom stereocenters. The van der Waals surface area contributed by atoms with E-state index in [1.807, 2.05) is 31.2 Å². The molecule has 2 N–H and O–H groups in total. The second kappa shape index (κ2) is 7.85. The van der Waals surface area contributed by atoms with E-state index in [9.17, 15) is 8.42 Å². The molecule has 0 aliphatic carbocycles. The lowest BCUT2D eigenvalue weighted by Crippen LogP contribution is -2.36. The summed E-state index contributed by atoms with van der Waals surface area (Å²) in [6, 6.07) is 7.91. The highest BCUT2D eigenvalue weighted by Gasteiger charge is 2.09. The summed E-state index contributed by atoms with van der Waals surface area (Å²) in [5.74, 6) is 0.103. The van der Waals surface area contributed by atoms with Crippen LogP contribution in [0.15, 0.2) is 24.3 Å². The minimum absolute atomic E-state index is 0.103. The molecule has 1 rings (SSSR count). The molecule has 0 aromatic heterocycles. The third kappa shape index (κ3) is 6.92. The van der Waals surface area contributed by atoms with E-state index in [4.69, 9.17) is 11.6 Å². The van der Waals surface area contributed by atoms with Crippen molar-refractivity contribution in [3.05, 3.63) is 34.9 Å². The van der Waals surface area contributed by atoms with Crippen LogP contribution in [0.5, 0.6) is 0 Å². The Morgan fingerprint density at radius 2 is 1.89 bits per heavy atom. The highest BCUT2D eigenvalue weighted by atomic mass is 35.5. The van der Waals surface area contributed by atoms with E-state index in [0.717, 1.165) is 11.4 Å². The molecular weight excluding hydrogens is 284 g/mol. The molecule has 6 heteroatoms. The zero-order valence-corrected chi connectivity index (χ0v) is 12.9. The zero-order chi connectivity index (χ0) is 14.3. The van der Waals surface area contributed by atoms with Gasteiger partial charge in [-0.05, 0) is 31.0 Å². The Morgan fingerprint density at radius 3 is 2.47 bits per heavy atom. The fourth-order valence-electron chi connectivity index (χ4n) is 1.78. The lowest BCUT2D eigenvalue weighted by molar-refractivity contribution is 0.549. The lowest BCUT2D eigenvalue weighted by atomic mass is 10.1. The molecule has 0 saturated carbocycles. The highest BCUT2D eigenvalue weighted by Crippen LogP contribution is 2.10. The zero-order valence-electron chi connectivity index (χ0n) is 11.3. The van der Waals surface area contributed by atoms with E-state index in [1.54, 1.807) is 6.92 Å². The first kappa shape index (κ1) is 16.4. The topological polar surface area (TPSA) is 58.2 Å². The number of sulfonamides is 1. The first-order chi connectivity index (χ1) is 8.93. The molecule has 19 heavy (non-hydrogen) atoms. The molecule has 0 bridgehead atoms. The van der Waals surface area contributed by atoms with Gasteiger partial charge in [-0.2, -0.15) is 0 Å². The number of hydrogen-bond acceptors (Lipinski definition) is 3. The van der Waals surface area contributed by atoms with E-state index in [2.05, 4.69) is 10.0 Å². The van der Waals surface area contributed by atoms with Gasteiger partial charge in [0.05, 0.1) is 5.75 Å². The van der Waals surface area contributed by atoms with Gasteiger partial charge in [-0.15, -0.1) is 0 Å². The van der Waals surface area contributed by atoms with Gasteiger partial charge in [0.2, 0.25) is 10.0 Å². The summed E-state index contributed by atoms with van der Waals surface area (Å²) in [6.45, 7) is 4.69. The summed E-state index contributed by atoms with van der Waals surface area (Å²) in [5, 5.41) is 3.93. The summed E-state index contributed by atoms with van der Waals surface area (Å²) in [6.07, 6.45) is 0.846. The van der Waals surface area contributed by atoms with E-state index in [-0.39, 0.29) is 11.8 Å². The maximum absolute atomic E-state index is 11.4. The minimum atomic E-state index is -3.14. The van der Waals surface area contributed by atoms with Gasteiger partial charge in [-0.25, -0.2) is 13.1 Å². The van der Waals surface area contributed by atoms with Gasteiger partial charge in [0.15, 0.2) is 0 Å². The molecule has 0 aliphatic heterocycles. The van der Waals surface area contributed by atoms with Crippen molar-refractivity contribution in [3.8, 4) is 0 Å². The van der Waals surface area contributed by atoms with Crippen molar-refractivity contribution in [3.63, 3.8) is 0 Å². The Bertz CT molecular complexity index is 474. The van der Waals surface area contributed by atoms with Crippen LogP contribution in [-0.4, -0.2) is 33.3 Å². The van der Waals surface area contributed by atoms with Crippen molar-refractivity contribution >= 4 is 21.6 Å². The van der Waals surface area contributed by atoms with Gasteiger partial charge in [-0.3, -0.25) is 0 Å². The Kier molecular flexibility index (Phi) is 6.79. The number of hydrogen-bond donors (Lipinski definition) is 2. The van der Waals surface area contributed by atoms with Crippen LogP contribution in [0.4, 0.5) is 0 Å². The van der Waals surface area contributed by atoms with Crippen molar-refractivity contribution in [2.75, 3.05) is 18.8 Å². The average Bonchev–Trinajstić information content (AvgIpc) is 2.31. The van der Waals surface area contributed by atoms with Crippen LogP contribution in [0, 0.1) is 0 Å². The summed E-state index contributed by atoms with van der Waals surface area (Å²) in [5.41, 5.74) is 1.18. The average molecular weight is 305 g/mol. The largest absolute Gasteiger partial charge is 0.313 e. The maximum atomic E-state index is 11.4. The Labute approximate surface area is 120 Å². The van der Waals surface area contributed by atoms with Crippen LogP contribution in [0.1, 0.15) is 19.4 Å². The Hall–Kier alpha value is -0.620. The lowest BCUT2D eigenvalue weighted by Gasteiger charge is -2.14. The predicted octanol–water partition coefficient (Wildman–Crippen LogP) is 1.80. The van der Waals surface area contributed by atoms with Gasteiger partial charge in [0, 0.05) is 24.2 Å². The van der Waals surface area contributed by atoms with Crippen molar-refractivity contribution in [2.24, 2.45) is 0 Å². The molecule has 0 amide bonds. The van der Waals surface area contributed by atoms with E-state index in [0.29, 0.717) is 13.1 Å². The van der Waals surface area contributed by atoms with Crippen molar-refractivity contribution in [1.82, 2.24) is 10.0 Å². The highest BCUT2D eigenvalue weighted by molar-refractivity contribution is 7.89. The van der Waals surface area contributed by atoms with Crippen LogP contribution in [0.2, 0.25) is 5.02 Å². The molecule has 108 valence electrons. The molecule has 0 heterocycles. The molecule has 1 atom stereocenters. The number of halogens is 1. The van der Waals surface area contributed by atoms with Gasteiger partial charge in [-0.1, -0.05) is 30.7 Å². The summed E-state index contributed by atoms with van der Waals surface area (Å²) in [7, 11) is -3.14. The van der Waals surface area contributed by atoms with Crippen LogP contribution >= 0.6 is 11.6 Å². The number of benzene rings is 1. The van der Waals surface area contributed by atoms with Crippen LogP contribution < -0.4 is 10.0 Å². The Balaban J connectivity index is 2.32. The molecule has 0 fully saturated rings. The van der Waals surface area contributed by atoms with Gasteiger partial charge in [0.25, 0.3) is 0 Å². The second-order valence-electron chi connectivity index (χ2n) is 4.50. The van der Waals surface area contributed by atoms with E-state index < -0.39 is 10.0 Å². The van der Waals surface area contributed by atoms with Crippen molar-refractivity contribution in [1.29, 1.82) is 0 Å². The molecule has 4 nitrogen and oxygen atoms in total. The number of nitrogens with one attached hydrogen (secondary N) is 2. The van der Waals surface area contributed by atoms with E-state index >= 15 is 0 Å². The van der Waals surface area contributed by atoms with Crippen LogP contribution in [0.25, 0.3) is 0 Å². The Morgan fingerprint density at radius 1 is 1.26 bits per heavy atom. The van der Waals surface area contributed by atoms with Crippen LogP contribution in [0.3, 0.4) is 0 Å². The van der Waals surface area contributed by atoms with Crippen molar-refractivity contribution < 1.29 is 8.42 Å². The standard InChI is InChI=1S/C13H21ClN2O2S/c1-3-16-19(17,18)9-8-15-11(2)10-12-4-6-13(14)7-5-12/h4-7,11,15-16H,3,8-10H2,1-2H3. The monoisotopic (exact) mass is 304 g/mol. The summed E-state index contributed by atoms with van der Waals surface area (Å²) < 4.78 is 25.4. The molecule has 0 saturated heterocycles. The van der Waals surface area contributed by atoms with Gasteiger partial charge >= 0.3 is 0 Å². The second-order valence-corrected chi connectivity index (χ2v) is 6.87. The van der Waals surface area contributed by atoms with Crippen LogP contribution in [-0.2, 0) is 16.4 Å². The van der Waals surface area contributed by atoms with Gasteiger partial charge in [0.1, 0.15) is 0 Å². The predicted molar refractivity (Wildman–Crippen MR) is 80.1 cm³/mol. The first-order valence-corrected chi connectivity index (χ1v) is 8.41. The van der Waals surface area contributed by atoms with E-state index in [1.165, 1.54) is 5.56 Å².